The summed E-state index contributed by atoms with van der Waals surface area (Å²) in [6, 6.07) is 3.36. The zero-order chi connectivity index (χ0) is 29.3. The van der Waals surface area contributed by atoms with Crippen molar-refractivity contribution in [1.82, 2.24) is 39.6 Å². The summed E-state index contributed by atoms with van der Waals surface area (Å²) in [5.74, 6) is 0.825. The number of alkyl halides is 1. The second-order valence-electron chi connectivity index (χ2n) is 10.3. The maximum Gasteiger partial charge on any atom is 0.241 e. The highest BCUT2D eigenvalue weighted by atomic mass is 19.1. The molecule has 4 aromatic heterocycles. The molecule has 5 rings (SSSR count). The summed E-state index contributed by atoms with van der Waals surface area (Å²) in [7, 11) is 1.82. The first-order chi connectivity index (χ1) is 19.8. The van der Waals surface area contributed by atoms with Crippen LogP contribution in [0.2, 0.25) is 0 Å². The molecule has 0 aliphatic carbocycles. The van der Waals surface area contributed by atoms with Crippen LogP contribution in [0.5, 0.6) is 11.8 Å². The minimum atomic E-state index is -0.561. The van der Waals surface area contributed by atoms with E-state index in [2.05, 4.69) is 20.4 Å². The van der Waals surface area contributed by atoms with E-state index in [4.69, 9.17) is 14.5 Å². The minimum Gasteiger partial charge on any atom is -0.476 e. The largest absolute Gasteiger partial charge is 0.476 e. The smallest absolute Gasteiger partial charge is 0.241 e. The predicted molar refractivity (Wildman–Crippen MR) is 151 cm³/mol. The number of pyridine rings is 1. The van der Waals surface area contributed by atoms with E-state index in [0.717, 1.165) is 33.5 Å². The van der Waals surface area contributed by atoms with Gasteiger partial charge in [0.2, 0.25) is 11.8 Å². The molecule has 2 bridgehead atoms. The number of aliphatic hydroxyl groups excluding tert-OH is 1. The topological polar surface area (TPSA) is 143 Å². The van der Waals surface area contributed by atoms with Crippen molar-refractivity contribution in [3.63, 3.8) is 0 Å². The van der Waals surface area contributed by atoms with Crippen molar-refractivity contribution in [2.45, 2.75) is 46.3 Å². The number of aromatic nitrogens is 7. The van der Waals surface area contributed by atoms with Crippen molar-refractivity contribution >= 4 is 23.1 Å². The van der Waals surface area contributed by atoms with E-state index in [1.165, 1.54) is 0 Å². The second kappa shape index (κ2) is 11.7. The fourth-order valence-corrected chi connectivity index (χ4v) is 5.20. The van der Waals surface area contributed by atoms with Gasteiger partial charge in [-0.15, -0.1) is 5.10 Å². The van der Waals surface area contributed by atoms with Crippen LogP contribution in [0.3, 0.4) is 0 Å². The van der Waals surface area contributed by atoms with Crippen LogP contribution in [0.15, 0.2) is 6.07 Å². The number of aliphatic hydroxyl groups is 1. The predicted octanol–water partition coefficient (Wildman–Crippen LogP) is 3.35. The van der Waals surface area contributed by atoms with E-state index in [-0.39, 0.29) is 44.3 Å². The average molecular weight is 564 g/mol. The van der Waals surface area contributed by atoms with Crippen LogP contribution >= 0.6 is 0 Å². The lowest BCUT2D eigenvalue weighted by atomic mass is 10.1. The van der Waals surface area contributed by atoms with Gasteiger partial charge in [-0.05, 0) is 45.9 Å². The van der Waals surface area contributed by atoms with Crippen molar-refractivity contribution in [2.75, 3.05) is 33.0 Å². The average Bonchev–Trinajstić information content (AvgIpc) is 3.60. The molecule has 12 nitrogen and oxygen atoms in total. The first-order valence-corrected chi connectivity index (χ1v) is 13.5. The number of hydrogen-bond acceptors (Lipinski definition) is 9. The molecule has 0 saturated carbocycles. The molecule has 13 heteroatoms. The Hall–Kier alpha value is -4.28. The normalized spacial score (nSPS) is 17.3. The van der Waals surface area contributed by atoms with Crippen molar-refractivity contribution in [1.29, 1.82) is 5.26 Å². The highest BCUT2D eigenvalue weighted by Gasteiger charge is 2.27. The summed E-state index contributed by atoms with van der Waals surface area (Å²) in [6.45, 7) is 7.41. The Balaban J connectivity index is 1.75. The molecule has 0 amide bonds. The zero-order valence-electron chi connectivity index (χ0n) is 23.8. The first-order valence-electron chi connectivity index (χ1n) is 13.5. The monoisotopic (exact) mass is 563 g/mol. The summed E-state index contributed by atoms with van der Waals surface area (Å²) < 4.78 is 29.3. The van der Waals surface area contributed by atoms with Crippen LogP contribution in [-0.4, -0.2) is 83.8 Å². The number of aryl methyl sites for hydroxylation is 3. The van der Waals surface area contributed by atoms with Gasteiger partial charge in [0, 0.05) is 31.6 Å². The van der Waals surface area contributed by atoms with Crippen LogP contribution in [-0.2, 0) is 13.6 Å². The lowest BCUT2D eigenvalue weighted by Crippen LogP contribution is -2.39. The van der Waals surface area contributed by atoms with Crippen molar-refractivity contribution in [2.24, 2.45) is 7.05 Å². The van der Waals surface area contributed by atoms with Gasteiger partial charge >= 0.3 is 0 Å². The van der Waals surface area contributed by atoms with Gasteiger partial charge in [-0.1, -0.05) is 0 Å². The summed E-state index contributed by atoms with van der Waals surface area (Å²) in [4.78, 5) is 6.79. The lowest BCUT2D eigenvalue weighted by molar-refractivity contribution is 0.121. The Labute approximate surface area is 237 Å². The fraction of sp³-hybridized carbons (Fsp3) is 0.464. The second-order valence-corrected chi connectivity index (χ2v) is 10.3. The third-order valence-corrected chi connectivity index (χ3v) is 7.37. The molecule has 0 unspecified atom stereocenters. The number of fused-ring (bicyclic) bond motifs is 4. The van der Waals surface area contributed by atoms with Gasteiger partial charge < -0.3 is 14.6 Å². The Morgan fingerprint density at radius 3 is 2.83 bits per heavy atom. The number of aromatic amines is 1. The molecule has 1 aliphatic rings. The van der Waals surface area contributed by atoms with Gasteiger partial charge in [-0.25, -0.2) is 9.07 Å². The molecule has 216 valence electrons. The SMILES string of the molecule is Cc1nn(C)c2c1-c1cc3c([nH]nc3c(C)n1)/C=C/c1c(OCC#N)nn([C@@H](C)CO)c1CN(CCF)[C@H](C)CO2. The van der Waals surface area contributed by atoms with E-state index < -0.39 is 6.67 Å². The van der Waals surface area contributed by atoms with E-state index in [0.29, 0.717) is 29.4 Å². The molecule has 0 aromatic carbocycles. The third-order valence-electron chi connectivity index (χ3n) is 7.37. The zero-order valence-corrected chi connectivity index (χ0v) is 23.8. The van der Waals surface area contributed by atoms with Gasteiger partial charge in [0.05, 0.1) is 52.2 Å². The molecule has 1 aliphatic heterocycles. The van der Waals surface area contributed by atoms with Gasteiger partial charge in [0.15, 0.2) is 6.61 Å². The molecule has 2 atom stereocenters. The standard InChI is InChI=1S/C28H34FN9O3/c1-16(14-39)38-24-13-37(10-8-29)17(2)15-41-28-25(18(3)34-36(28)5)23-12-21-22(32-33-26(21)19(4)31-23)7-6-20(24)27(35-38)40-11-9-30/h6-7,12,16-17,39H,8,10-11,13-15H2,1-5H3,(H,32,33)/b7-6+/t16-,17+/m0/s1. The van der Waals surface area contributed by atoms with E-state index in [9.17, 15) is 14.8 Å². The van der Waals surface area contributed by atoms with Crippen LogP contribution in [0.4, 0.5) is 4.39 Å². The number of halogens is 1. The summed E-state index contributed by atoms with van der Waals surface area (Å²) in [5, 5.41) is 36.9. The summed E-state index contributed by atoms with van der Waals surface area (Å²) >= 11 is 0. The van der Waals surface area contributed by atoms with Crippen LogP contribution in [0.25, 0.3) is 34.3 Å². The van der Waals surface area contributed by atoms with Crippen molar-refractivity contribution < 1.29 is 19.0 Å². The maximum absolute atomic E-state index is 13.9. The van der Waals surface area contributed by atoms with Gasteiger partial charge in [0.1, 0.15) is 24.9 Å². The molecule has 0 radical (unpaired) electrons. The van der Waals surface area contributed by atoms with E-state index in [1.807, 2.05) is 63.9 Å². The summed E-state index contributed by atoms with van der Waals surface area (Å²) in [5.41, 5.74) is 5.83. The number of hydrogen-bond donors (Lipinski definition) is 2. The number of H-pyrrole nitrogens is 1. The highest BCUT2D eigenvalue weighted by Crippen LogP contribution is 2.36. The van der Waals surface area contributed by atoms with Crippen molar-refractivity contribution in [3.8, 4) is 29.1 Å². The quantitative estimate of drug-likeness (QED) is 0.361. The van der Waals surface area contributed by atoms with Crippen LogP contribution in [0.1, 0.15) is 48.2 Å². The molecule has 0 spiro atoms. The minimum absolute atomic E-state index is 0.153. The lowest BCUT2D eigenvalue weighted by Gasteiger charge is -2.29. The number of nitrogens with one attached hydrogen (secondary N) is 1. The number of nitrogens with zero attached hydrogens (tertiary/aromatic N) is 8. The van der Waals surface area contributed by atoms with Crippen LogP contribution < -0.4 is 9.47 Å². The van der Waals surface area contributed by atoms with E-state index in [1.54, 1.807) is 9.36 Å². The Bertz CT molecular complexity index is 1630. The first kappa shape index (κ1) is 28.3. The summed E-state index contributed by atoms with van der Waals surface area (Å²) in [6.07, 6.45) is 3.73. The number of ether oxygens (including phenoxy) is 2. The molecule has 5 heterocycles. The highest BCUT2D eigenvalue weighted by molar-refractivity contribution is 5.93. The number of nitriles is 1. The molecule has 0 saturated heterocycles. The molecule has 0 fully saturated rings. The molecule has 41 heavy (non-hydrogen) atoms. The number of rotatable bonds is 6. The third kappa shape index (κ3) is 5.28. The van der Waals surface area contributed by atoms with Gasteiger partial charge in [-0.3, -0.25) is 19.7 Å². The molecular weight excluding hydrogens is 529 g/mol. The fourth-order valence-electron chi connectivity index (χ4n) is 5.20. The van der Waals surface area contributed by atoms with Gasteiger partial charge in [-0.2, -0.15) is 15.5 Å². The van der Waals surface area contributed by atoms with E-state index >= 15 is 0 Å². The van der Waals surface area contributed by atoms with Gasteiger partial charge in [0.25, 0.3) is 0 Å². The Morgan fingerprint density at radius 1 is 1.29 bits per heavy atom. The van der Waals surface area contributed by atoms with Crippen LogP contribution in [0, 0.1) is 25.2 Å². The molecular formula is C28H34FN9O3. The Morgan fingerprint density at radius 2 is 2.10 bits per heavy atom. The van der Waals surface area contributed by atoms with Crippen molar-refractivity contribution in [3.05, 3.63) is 34.4 Å². The Kier molecular flexibility index (Phi) is 8.05. The molecule has 4 aromatic rings. The maximum atomic E-state index is 13.9. The molecule has 2 N–H and O–H groups in total.